The zero-order valence-corrected chi connectivity index (χ0v) is 19.9. The van der Waals surface area contributed by atoms with Crippen molar-refractivity contribution in [2.45, 2.75) is 51.2 Å². The maximum Gasteiger partial charge on any atom is 0.326 e. The van der Waals surface area contributed by atoms with E-state index in [2.05, 4.69) is 20.9 Å². The third-order valence-corrected chi connectivity index (χ3v) is 5.02. The van der Waals surface area contributed by atoms with Gasteiger partial charge in [-0.3, -0.25) is 19.4 Å². The van der Waals surface area contributed by atoms with Gasteiger partial charge in [-0.25, -0.2) is 4.79 Å². The number of aliphatic carboxylic acids is 1. The number of amides is 3. The van der Waals surface area contributed by atoms with E-state index in [4.69, 9.17) is 17.2 Å². The fraction of sp³-hybridized carbons (Fsp3) is 0.500. The lowest BCUT2D eigenvalue weighted by Gasteiger charge is -2.25. The molecule has 0 bridgehead atoms. The average Bonchev–Trinajstić information content (AvgIpc) is 2.79. The normalized spacial score (nSPS) is 13.3. The lowest BCUT2D eigenvalue weighted by molar-refractivity contribution is -0.143. The quantitative estimate of drug-likeness (QED) is 0.0823. The van der Waals surface area contributed by atoms with Crippen LogP contribution in [-0.4, -0.2) is 71.1 Å². The van der Waals surface area contributed by atoms with Gasteiger partial charge < -0.3 is 43.4 Å². The highest BCUT2D eigenvalue weighted by atomic mass is 16.4. The van der Waals surface area contributed by atoms with Gasteiger partial charge in [-0.1, -0.05) is 26.0 Å². The SMILES string of the molecule is CC(C)C(NC(=O)C(Cc1ccc(O)cc1)NC(=O)C(CCCN=C(N)N)NC(=O)CN)C(=O)O. The molecule has 35 heavy (non-hydrogen) atoms. The second kappa shape index (κ2) is 14.4. The molecule has 11 N–H and O–H groups in total. The second-order valence-electron chi connectivity index (χ2n) is 8.27. The predicted octanol–water partition coefficient (Wildman–Crippen LogP) is -1.86. The van der Waals surface area contributed by atoms with Gasteiger partial charge in [0.2, 0.25) is 17.7 Å². The Hall–Kier alpha value is -3.87. The smallest absolute Gasteiger partial charge is 0.326 e. The number of carbonyl (C=O) groups excluding carboxylic acids is 3. The Labute approximate surface area is 203 Å². The highest BCUT2D eigenvalue weighted by Crippen LogP contribution is 2.12. The molecule has 0 aliphatic heterocycles. The van der Waals surface area contributed by atoms with Crippen LogP contribution in [0.4, 0.5) is 0 Å². The molecule has 1 rings (SSSR count). The van der Waals surface area contributed by atoms with Crippen LogP contribution in [0.1, 0.15) is 32.3 Å². The summed E-state index contributed by atoms with van der Waals surface area (Å²) in [5.74, 6) is -3.65. The Morgan fingerprint density at radius 3 is 2.09 bits per heavy atom. The molecule has 1 aromatic carbocycles. The third-order valence-electron chi connectivity index (χ3n) is 5.02. The molecule has 0 saturated carbocycles. The monoisotopic (exact) mass is 493 g/mol. The summed E-state index contributed by atoms with van der Waals surface area (Å²) in [5.41, 5.74) is 16.5. The molecule has 0 radical (unpaired) electrons. The molecule has 0 aromatic heterocycles. The number of rotatable bonds is 14. The summed E-state index contributed by atoms with van der Waals surface area (Å²) in [5, 5.41) is 26.5. The average molecular weight is 494 g/mol. The summed E-state index contributed by atoms with van der Waals surface area (Å²) in [6, 6.07) is 2.62. The van der Waals surface area contributed by atoms with E-state index in [1.807, 2.05) is 0 Å². The number of benzene rings is 1. The molecule has 3 amide bonds. The Morgan fingerprint density at radius 1 is 0.971 bits per heavy atom. The minimum Gasteiger partial charge on any atom is -0.508 e. The standard InChI is InChI=1S/C22H35N7O6/c1-12(2)18(21(34)35)29-20(33)16(10-13-5-7-14(30)8-6-13)28-19(32)15(27-17(31)11-23)4-3-9-26-22(24)25/h5-8,12,15-16,18,30H,3-4,9-11,23H2,1-2H3,(H,27,31)(H,28,32)(H,29,33)(H,34,35)(H4,24,25,26). The number of hydrogen-bond acceptors (Lipinski definition) is 7. The topological polar surface area (TPSA) is 235 Å². The molecule has 0 aliphatic carbocycles. The number of nitrogens with zero attached hydrogens (tertiary/aromatic N) is 1. The lowest BCUT2D eigenvalue weighted by atomic mass is 10.0. The highest BCUT2D eigenvalue weighted by Gasteiger charge is 2.30. The molecule has 13 heteroatoms. The van der Waals surface area contributed by atoms with Crippen molar-refractivity contribution < 1.29 is 29.4 Å². The number of aliphatic imine (C=N–C) groups is 1. The van der Waals surface area contributed by atoms with Crippen molar-refractivity contribution in [1.82, 2.24) is 16.0 Å². The zero-order valence-electron chi connectivity index (χ0n) is 19.9. The van der Waals surface area contributed by atoms with Crippen molar-refractivity contribution in [1.29, 1.82) is 0 Å². The number of guanidine groups is 1. The molecule has 3 atom stereocenters. The van der Waals surface area contributed by atoms with Gasteiger partial charge in [-0.05, 0) is 36.5 Å². The summed E-state index contributed by atoms with van der Waals surface area (Å²) in [6.07, 6.45) is 0.517. The van der Waals surface area contributed by atoms with Crippen LogP contribution < -0.4 is 33.2 Å². The number of hydrogen-bond donors (Lipinski definition) is 8. The Balaban J connectivity index is 3.10. The van der Waals surface area contributed by atoms with Crippen LogP contribution in [0, 0.1) is 5.92 Å². The van der Waals surface area contributed by atoms with Crippen LogP contribution in [0.3, 0.4) is 0 Å². The number of aromatic hydroxyl groups is 1. The Morgan fingerprint density at radius 2 is 1.57 bits per heavy atom. The van der Waals surface area contributed by atoms with E-state index < -0.39 is 47.7 Å². The van der Waals surface area contributed by atoms with Crippen molar-refractivity contribution >= 4 is 29.7 Å². The molecule has 0 fully saturated rings. The highest BCUT2D eigenvalue weighted by molar-refractivity contribution is 5.93. The van der Waals surface area contributed by atoms with Gasteiger partial charge in [-0.15, -0.1) is 0 Å². The molecule has 13 nitrogen and oxygen atoms in total. The number of carboxylic acids is 1. The van der Waals surface area contributed by atoms with E-state index in [-0.39, 0.29) is 37.6 Å². The largest absolute Gasteiger partial charge is 0.508 e. The minimum absolute atomic E-state index is 0.00778. The van der Waals surface area contributed by atoms with Crippen molar-refractivity contribution in [2.75, 3.05) is 13.1 Å². The first-order valence-electron chi connectivity index (χ1n) is 11.1. The maximum absolute atomic E-state index is 13.0. The van der Waals surface area contributed by atoms with Crippen LogP contribution >= 0.6 is 0 Å². The molecule has 3 unspecified atom stereocenters. The molecule has 0 heterocycles. The summed E-state index contributed by atoms with van der Waals surface area (Å²) in [4.78, 5) is 53.3. The number of phenols is 1. The maximum atomic E-state index is 13.0. The fourth-order valence-electron chi connectivity index (χ4n) is 3.14. The third kappa shape index (κ3) is 10.7. The van der Waals surface area contributed by atoms with E-state index in [1.54, 1.807) is 26.0 Å². The molecular formula is C22H35N7O6. The molecular weight excluding hydrogens is 458 g/mol. The molecule has 0 saturated heterocycles. The summed E-state index contributed by atoms with van der Waals surface area (Å²) >= 11 is 0. The first-order chi connectivity index (χ1) is 16.4. The van der Waals surface area contributed by atoms with Gasteiger partial charge in [0.1, 0.15) is 23.9 Å². The van der Waals surface area contributed by atoms with Gasteiger partial charge in [0.25, 0.3) is 0 Å². The van der Waals surface area contributed by atoms with Gasteiger partial charge in [0.15, 0.2) is 5.96 Å². The van der Waals surface area contributed by atoms with Crippen molar-refractivity contribution in [3.8, 4) is 5.75 Å². The summed E-state index contributed by atoms with van der Waals surface area (Å²) < 4.78 is 0. The molecule has 1 aromatic rings. The van der Waals surface area contributed by atoms with Crippen LogP contribution in [0.2, 0.25) is 0 Å². The van der Waals surface area contributed by atoms with Crippen LogP contribution in [0.25, 0.3) is 0 Å². The number of nitrogens with one attached hydrogen (secondary N) is 3. The van der Waals surface area contributed by atoms with E-state index in [0.29, 0.717) is 12.0 Å². The lowest BCUT2D eigenvalue weighted by Crippen LogP contribution is -2.57. The van der Waals surface area contributed by atoms with Crippen molar-refractivity contribution in [3.05, 3.63) is 29.8 Å². The van der Waals surface area contributed by atoms with Gasteiger partial charge in [0.05, 0.1) is 6.54 Å². The van der Waals surface area contributed by atoms with Gasteiger partial charge >= 0.3 is 5.97 Å². The van der Waals surface area contributed by atoms with Gasteiger partial charge in [-0.2, -0.15) is 0 Å². The van der Waals surface area contributed by atoms with E-state index in [9.17, 15) is 29.4 Å². The zero-order chi connectivity index (χ0) is 26.5. The molecule has 0 aliphatic rings. The second-order valence-corrected chi connectivity index (χ2v) is 8.27. The van der Waals surface area contributed by atoms with E-state index in [0.717, 1.165) is 0 Å². The van der Waals surface area contributed by atoms with Gasteiger partial charge in [0, 0.05) is 13.0 Å². The molecule has 0 spiro atoms. The number of nitrogens with two attached hydrogens (primary N) is 3. The van der Waals surface area contributed by atoms with E-state index >= 15 is 0 Å². The number of carboxylic acid groups (broad SMARTS) is 1. The van der Waals surface area contributed by atoms with E-state index in [1.165, 1.54) is 12.1 Å². The summed E-state index contributed by atoms with van der Waals surface area (Å²) in [7, 11) is 0. The Kier molecular flexibility index (Phi) is 12.0. The van der Waals surface area contributed by atoms with Crippen molar-refractivity contribution in [2.24, 2.45) is 28.1 Å². The minimum atomic E-state index is -1.21. The van der Waals surface area contributed by atoms with Crippen LogP contribution in [0.5, 0.6) is 5.75 Å². The number of carbonyl (C=O) groups is 4. The fourth-order valence-corrected chi connectivity index (χ4v) is 3.14. The van der Waals surface area contributed by atoms with Crippen molar-refractivity contribution in [3.63, 3.8) is 0 Å². The summed E-state index contributed by atoms with van der Waals surface area (Å²) in [6.45, 7) is 3.16. The predicted molar refractivity (Wildman–Crippen MR) is 129 cm³/mol. The Bertz CT molecular complexity index is 900. The molecule has 194 valence electrons. The van der Waals surface area contributed by atoms with Crippen LogP contribution in [-0.2, 0) is 25.6 Å². The van der Waals surface area contributed by atoms with Crippen LogP contribution in [0.15, 0.2) is 29.3 Å². The first-order valence-corrected chi connectivity index (χ1v) is 11.1. The number of phenolic OH excluding ortho intramolecular Hbond substituents is 1. The first kappa shape index (κ1) is 29.2.